The molecule has 2 amide bonds. The van der Waals surface area contributed by atoms with Gasteiger partial charge in [-0.15, -0.1) is 0 Å². The van der Waals surface area contributed by atoms with E-state index in [-0.39, 0.29) is 24.3 Å². The van der Waals surface area contributed by atoms with E-state index in [1.165, 1.54) is 4.90 Å². The second-order valence-corrected chi connectivity index (χ2v) is 8.56. The van der Waals surface area contributed by atoms with Crippen LogP contribution < -0.4 is 10.6 Å². The molecule has 10 heteroatoms. The third kappa shape index (κ3) is 6.49. The second-order valence-electron chi connectivity index (χ2n) is 8.17. The van der Waals surface area contributed by atoms with Crippen LogP contribution in [0.25, 0.3) is 11.1 Å². The Morgan fingerprint density at radius 3 is 2.78 bits per heavy atom. The average Bonchev–Trinajstić information content (AvgIpc) is 3.15. The van der Waals surface area contributed by atoms with Crippen LogP contribution in [0.2, 0.25) is 5.15 Å². The Kier molecular flexibility index (Phi) is 7.51. The van der Waals surface area contributed by atoms with Gasteiger partial charge in [-0.1, -0.05) is 17.7 Å². The van der Waals surface area contributed by atoms with Crippen LogP contribution in [0.5, 0.6) is 0 Å². The molecule has 2 heterocycles. The van der Waals surface area contributed by atoms with Crippen molar-refractivity contribution in [2.24, 2.45) is 5.92 Å². The van der Waals surface area contributed by atoms with Crippen molar-refractivity contribution in [1.29, 1.82) is 0 Å². The summed E-state index contributed by atoms with van der Waals surface area (Å²) in [7, 11) is 0. The van der Waals surface area contributed by atoms with Gasteiger partial charge < -0.3 is 20.6 Å². The molecule has 1 unspecified atom stereocenters. The lowest BCUT2D eigenvalue weighted by molar-refractivity contribution is -0.143. The number of rotatable bonds is 6. The first kappa shape index (κ1) is 24.1. The monoisotopic (exact) mass is 470 g/mol. The fraction of sp³-hybridized carbons (Fsp3) is 0.455. The van der Waals surface area contributed by atoms with E-state index in [1.807, 2.05) is 13.0 Å². The number of nitrogens with zero attached hydrogens (tertiary/aromatic N) is 2. The van der Waals surface area contributed by atoms with Gasteiger partial charge in [0.2, 0.25) is 0 Å². The van der Waals surface area contributed by atoms with Gasteiger partial charge >= 0.3 is 12.2 Å². The van der Waals surface area contributed by atoms with Gasteiger partial charge in [0.1, 0.15) is 11.0 Å². The lowest BCUT2D eigenvalue weighted by Crippen LogP contribution is -2.33. The summed E-state index contributed by atoms with van der Waals surface area (Å²) in [6.45, 7) is 4.04. The van der Waals surface area contributed by atoms with Gasteiger partial charge in [-0.2, -0.15) is 13.2 Å². The average molecular weight is 471 g/mol. The van der Waals surface area contributed by atoms with E-state index in [0.717, 1.165) is 16.7 Å². The summed E-state index contributed by atoms with van der Waals surface area (Å²) in [5, 5.41) is 15.4. The van der Waals surface area contributed by atoms with Crippen LogP contribution in [0.15, 0.2) is 30.3 Å². The highest BCUT2D eigenvalue weighted by Gasteiger charge is 2.36. The van der Waals surface area contributed by atoms with E-state index in [1.54, 1.807) is 31.2 Å². The minimum absolute atomic E-state index is 0.0651. The molecule has 1 fully saturated rings. The van der Waals surface area contributed by atoms with Crippen molar-refractivity contribution in [3.05, 3.63) is 41.0 Å². The maximum absolute atomic E-state index is 12.6. The Hall–Kier alpha value is -2.52. The molecule has 0 radical (unpaired) electrons. The molecule has 3 rings (SSSR count). The van der Waals surface area contributed by atoms with Crippen molar-refractivity contribution in [3.8, 4) is 11.1 Å². The van der Waals surface area contributed by atoms with Crippen molar-refractivity contribution in [1.82, 2.24) is 9.88 Å². The van der Waals surface area contributed by atoms with Crippen LogP contribution in [0.1, 0.15) is 25.3 Å². The number of hydrogen-bond acceptors (Lipinski definition) is 4. The molecule has 1 aliphatic heterocycles. The molecule has 0 spiro atoms. The largest absolute Gasteiger partial charge is 0.394 e. The van der Waals surface area contributed by atoms with E-state index in [0.29, 0.717) is 24.5 Å². The Labute approximate surface area is 189 Å². The number of halogens is 4. The number of aryl methyl sites for hydroxylation is 1. The summed E-state index contributed by atoms with van der Waals surface area (Å²) >= 11 is 6.18. The van der Waals surface area contributed by atoms with Crippen LogP contribution in [-0.2, 0) is 0 Å². The fourth-order valence-corrected chi connectivity index (χ4v) is 3.96. The molecule has 1 aliphatic rings. The molecule has 0 saturated carbocycles. The smallest absolute Gasteiger partial charge is 0.389 e. The number of aromatic nitrogens is 1. The quantitative estimate of drug-likeness (QED) is 0.500. The first-order valence-corrected chi connectivity index (χ1v) is 10.7. The van der Waals surface area contributed by atoms with E-state index in [9.17, 15) is 23.1 Å². The van der Waals surface area contributed by atoms with Crippen LogP contribution >= 0.6 is 11.6 Å². The summed E-state index contributed by atoms with van der Waals surface area (Å²) in [5.74, 6) is -0.0591. The zero-order valence-corrected chi connectivity index (χ0v) is 18.6. The highest BCUT2D eigenvalue weighted by molar-refractivity contribution is 6.29. The van der Waals surface area contributed by atoms with Crippen molar-refractivity contribution >= 4 is 29.1 Å². The highest BCUT2D eigenvalue weighted by atomic mass is 35.5. The Morgan fingerprint density at radius 1 is 1.34 bits per heavy atom. The lowest BCUT2D eigenvalue weighted by atomic mass is 10.0. The minimum Gasteiger partial charge on any atom is -0.394 e. The minimum atomic E-state index is -4.22. The molecule has 1 saturated heterocycles. The maximum atomic E-state index is 12.6. The number of likely N-dealkylation sites (tertiary alicyclic amines) is 1. The third-order valence-corrected chi connectivity index (χ3v) is 5.55. The van der Waals surface area contributed by atoms with Crippen molar-refractivity contribution < 1.29 is 23.1 Å². The number of benzene rings is 1. The molecule has 174 valence electrons. The zero-order chi connectivity index (χ0) is 23.5. The van der Waals surface area contributed by atoms with Crippen LogP contribution in [-0.4, -0.2) is 52.9 Å². The van der Waals surface area contributed by atoms with E-state index in [4.69, 9.17) is 11.6 Å². The number of urea groups is 1. The van der Waals surface area contributed by atoms with Crippen LogP contribution in [0.4, 0.5) is 29.5 Å². The summed E-state index contributed by atoms with van der Waals surface area (Å²) in [6.07, 6.45) is -4.76. The number of hydrogen-bond donors (Lipinski definition) is 3. The van der Waals surface area contributed by atoms with Gasteiger partial charge in [0.05, 0.1) is 6.61 Å². The second kappa shape index (κ2) is 9.95. The summed E-state index contributed by atoms with van der Waals surface area (Å²) in [5.41, 5.74) is 3.07. The SMILES string of the molecule is Cc1ccc(NC(=O)N2CC[C@@H](CC(F)(F)F)C2)cc1-c1cc(Cl)nc(NC(C)CO)c1. The number of amides is 2. The molecule has 1 aromatic heterocycles. The van der Waals surface area contributed by atoms with Crippen molar-refractivity contribution in [2.45, 2.75) is 38.9 Å². The summed E-state index contributed by atoms with van der Waals surface area (Å²) < 4.78 is 37.9. The Bertz CT molecular complexity index is 971. The van der Waals surface area contributed by atoms with E-state index in [2.05, 4.69) is 15.6 Å². The number of alkyl halides is 3. The predicted molar refractivity (Wildman–Crippen MR) is 119 cm³/mol. The third-order valence-electron chi connectivity index (χ3n) is 5.36. The van der Waals surface area contributed by atoms with Crippen molar-refractivity contribution in [2.75, 3.05) is 30.3 Å². The van der Waals surface area contributed by atoms with E-state index >= 15 is 0 Å². The van der Waals surface area contributed by atoms with Gasteiger partial charge in [-0.05, 0) is 67.1 Å². The number of carbonyl (C=O) groups excluding carboxylic acids is 1. The fourth-order valence-electron chi connectivity index (χ4n) is 3.75. The summed E-state index contributed by atoms with van der Waals surface area (Å²) in [4.78, 5) is 18.2. The first-order chi connectivity index (χ1) is 15.0. The lowest BCUT2D eigenvalue weighted by Gasteiger charge is -2.19. The van der Waals surface area contributed by atoms with Gasteiger partial charge in [0.25, 0.3) is 0 Å². The molecule has 32 heavy (non-hydrogen) atoms. The number of carbonyl (C=O) groups is 1. The van der Waals surface area contributed by atoms with Gasteiger partial charge in [0, 0.05) is 31.2 Å². The van der Waals surface area contributed by atoms with Crippen LogP contribution in [0.3, 0.4) is 0 Å². The standard InChI is InChI=1S/C22H26ClF3N4O2/c1-13-3-4-17(28-21(32)30-6-5-15(11-30)10-22(24,25)26)9-18(13)16-7-19(23)29-20(8-16)27-14(2)12-31/h3-4,7-9,14-15,31H,5-6,10-12H2,1-2H3,(H,27,29)(H,28,32)/t14?,15-/m0/s1. The Morgan fingerprint density at radius 2 is 2.09 bits per heavy atom. The maximum Gasteiger partial charge on any atom is 0.389 e. The first-order valence-electron chi connectivity index (χ1n) is 10.3. The number of anilines is 2. The number of pyridine rings is 1. The van der Waals surface area contributed by atoms with E-state index < -0.39 is 24.5 Å². The molecule has 3 N–H and O–H groups in total. The van der Waals surface area contributed by atoms with Gasteiger partial charge in [-0.3, -0.25) is 0 Å². The topological polar surface area (TPSA) is 77.5 Å². The molecule has 0 bridgehead atoms. The number of nitrogens with one attached hydrogen (secondary N) is 2. The summed E-state index contributed by atoms with van der Waals surface area (Å²) in [6, 6.07) is 8.26. The molecule has 2 atom stereocenters. The molecule has 2 aromatic rings. The Balaban J connectivity index is 1.75. The zero-order valence-electron chi connectivity index (χ0n) is 17.8. The number of aliphatic hydroxyl groups excluding tert-OH is 1. The molecule has 1 aromatic carbocycles. The molecule has 6 nitrogen and oxygen atoms in total. The molecule has 0 aliphatic carbocycles. The molecular formula is C22H26ClF3N4O2. The predicted octanol–water partition coefficient (Wildman–Crippen LogP) is 5.31. The molecular weight excluding hydrogens is 445 g/mol. The number of aliphatic hydroxyl groups is 1. The van der Waals surface area contributed by atoms with Gasteiger partial charge in [-0.25, -0.2) is 9.78 Å². The highest BCUT2D eigenvalue weighted by Crippen LogP contribution is 2.32. The normalized spacial score (nSPS) is 17.3. The van der Waals surface area contributed by atoms with Crippen LogP contribution in [0, 0.1) is 12.8 Å². The van der Waals surface area contributed by atoms with Gasteiger partial charge in [0.15, 0.2) is 0 Å². The van der Waals surface area contributed by atoms with Crippen molar-refractivity contribution in [3.63, 3.8) is 0 Å².